The number of tetrazole rings is 1. The highest BCUT2D eigenvalue weighted by molar-refractivity contribution is 7.99. The maximum atomic E-state index is 10.7. The highest BCUT2D eigenvalue weighted by Gasteiger charge is 2.22. The highest BCUT2D eigenvalue weighted by atomic mass is 32.2. The molecule has 2 aromatic heterocycles. The van der Waals surface area contributed by atoms with Gasteiger partial charge in [0.15, 0.2) is 0 Å². The van der Waals surface area contributed by atoms with E-state index >= 15 is 0 Å². The Bertz CT molecular complexity index is 843. The molecule has 23 heavy (non-hydrogen) atoms. The minimum absolute atomic E-state index is 0.307. The fourth-order valence-electron chi connectivity index (χ4n) is 1.73. The highest BCUT2D eigenvalue weighted by Crippen LogP contribution is 2.26. The molecular weight excluding hydrogens is 324 g/mol. The molecule has 0 aliphatic rings. The van der Waals surface area contributed by atoms with Gasteiger partial charge in [0.05, 0.1) is 12.8 Å². The predicted octanol–water partition coefficient (Wildman–Crippen LogP) is 0.859. The molecular formula is C11H10N8O3S. The van der Waals surface area contributed by atoms with Crippen LogP contribution in [0.15, 0.2) is 34.6 Å². The molecule has 118 valence electrons. The number of methoxy groups -OCH3 is 1. The molecule has 2 heterocycles. The molecule has 0 saturated heterocycles. The van der Waals surface area contributed by atoms with Crippen LogP contribution in [-0.4, -0.2) is 47.0 Å². The maximum absolute atomic E-state index is 10.7. The first-order valence-corrected chi connectivity index (χ1v) is 7.06. The summed E-state index contributed by atoms with van der Waals surface area (Å²) in [6, 6.07) is 7.13. The van der Waals surface area contributed by atoms with E-state index in [0.717, 1.165) is 17.4 Å². The molecule has 0 radical (unpaired) electrons. The van der Waals surface area contributed by atoms with Crippen LogP contribution < -0.4 is 4.74 Å². The molecule has 0 atom stereocenters. The summed E-state index contributed by atoms with van der Waals surface area (Å²) in [4.78, 5) is 13.9. The summed E-state index contributed by atoms with van der Waals surface area (Å²) in [5.74, 6) is 0.235. The second-order valence-corrected chi connectivity index (χ2v) is 5.18. The van der Waals surface area contributed by atoms with E-state index in [1.54, 1.807) is 38.4 Å². The lowest BCUT2D eigenvalue weighted by Gasteiger charge is -2.04. The smallest absolute Gasteiger partial charge is 0.492 e. The van der Waals surface area contributed by atoms with Crippen LogP contribution in [0.3, 0.4) is 0 Å². The Balaban J connectivity index is 1.90. The van der Waals surface area contributed by atoms with Crippen LogP contribution >= 0.6 is 11.8 Å². The molecule has 0 fully saturated rings. The number of aromatic nitrogens is 7. The second-order valence-electron chi connectivity index (χ2n) is 4.25. The summed E-state index contributed by atoms with van der Waals surface area (Å²) >= 11 is 1.07. The van der Waals surface area contributed by atoms with Gasteiger partial charge in [-0.25, -0.2) is 0 Å². The maximum Gasteiger partial charge on any atom is 0.492 e. The van der Waals surface area contributed by atoms with Crippen molar-refractivity contribution in [3.63, 3.8) is 0 Å². The van der Waals surface area contributed by atoms with E-state index < -0.39 is 10.9 Å². The van der Waals surface area contributed by atoms with E-state index in [0.29, 0.717) is 16.1 Å². The van der Waals surface area contributed by atoms with Crippen molar-refractivity contribution in [3.8, 4) is 11.4 Å². The minimum Gasteiger partial charge on any atom is -0.497 e. The number of hydrogen-bond acceptors (Lipinski definition) is 9. The first-order chi connectivity index (χ1) is 11.1. The van der Waals surface area contributed by atoms with Crippen LogP contribution in [0.4, 0.5) is 5.95 Å². The van der Waals surface area contributed by atoms with Gasteiger partial charge in [0, 0.05) is 23.9 Å². The number of hydrogen-bond donors (Lipinski definition) is 0. The third kappa shape index (κ3) is 2.96. The van der Waals surface area contributed by atoms with Crippen LogP contribution in [0.25, 0.3) is 5.69 Å². The zero-order valence-corrected chi connectivity index (χ0v) is 12.8. The van der Waals surface area contributed by atoms with Gasteiger partial charge in [-0.3, -0.25) is 0 Å². The molecule has 0 bridgehead atoms. The summed E-state index contributed by atoms with van der Waals surface area (Å²) in [6.07, 6.45) is 0. The molecule has 0 saturated carbocycles. The van der Waals surface area contributed by atoms with Crippen LogP contribution in [0.1, 0.15) is 0 Å². The fourth-order valence-corrected chi connectivity index (χ4v) is 2.50. The molecule has 3 rings (SSSR count). The van der Waals surface area contributed by atoms with Gasteiger partial charge in [0.25, 0.3) is 5.16 Å². The van der Waals surface area contributed by atoms with Crippen LogP contribution in [-0.2, 0) is 7.05 Å². The molecule has 0 amide bonds. The number of ether oxygens (including phenoxy) is 1. The Morgan fingerprint density at radius 1 is 1.26 bits per heavy atom. The van der Waals surface area contributed by atoms with Crippen molar-refractivity contribution in [2.24, 2.45) is 7.05 Å². The minimum atomic E-state index is -0.656. The molecule has 0 spiro atoms. The number of nitro groups is 1. The average molecular weight is 334 g/mol. The van der Waals surface area contributed by atoms with Crippen molar-refractivity contribution in [1.82, 2.24) is 35.0 Å². The summed E-state index contributed by atoms with van der Waals surface area (Å²) in [7, 11) is 3.14. The van der Waals surface area contributed by atoms with Crippen molar-refractivity contribution >= 4 is 17.7 Å². The number of nitrogens with zero attached hydrogens (tertiary/aromatic N) is 8. The Kier molecular flexibility index (Phi) is 3.89. The third-order valence-electron chi connectivity index (χ3n) is 2.82. The quantitative estimate of drug-likeness (QED) is 0.493. The largest absolute Gasteiger partial charge is 0.497 e. The van der Waals surface area contributed by atoms with E-state index in [4.69, 9.17) is 4.74 Å². The van der Waals surface area contributed by atoms with Gasteiger partial charge < -0.3 is 14.9 Å². The fraction of sp³-hybridized carbons (Fsp3) is 0.182. The lowest BCUT2D eigenvalue weighted by atomic mass is 10.3. The van der Waals surface area contributed by atoms with Gasteiger partial charge in [-0.15, -0.1) is 5.10 Å². The summed E-state index contributed by atoms with van der Waals surface area (Å²) in [5, 5.41) is 26.6. The average Bonchev–Trinajstić information content (AvgIpc) is 3.15. The van der Waals surface area contributed by atoms with Gasteiger partial charge in [-0.05, 0) is 44.6 Å². The third-order valence-corrected chi connectivity index (χ3v) is 3.79. The van der Waals surface area contributed by atoms with Gasteiger partial charge in [0.2, 0.25) is 5.16 Å². The first-order valence-electron chi connectivity index (χ1n) is 6.24. The van der Waals surface area contributed by atoms with E-state index in [2.05, 4.69) is 25.6 Å². The van der Waals surface area contributed by atoms with Gasteiger partial charge in [-0.2, -0.15) is 9.36 Å². The van der Waals surface area contributed by atoms with E-state index in [1.165, 1.54) is 9.36 Å². The summed E-state index contributed by atoms with van der Waals surface area (Å²) in [5.41, 5.74) is 0.718. The summed E-state index contributed by atoms with van der Waals surface area (Å²) in [6.45, 7) is 0. The zero-order chi connectivity index (χ0) is 16.4. The molecule has 0 aliphatic carbocycles. The lowest BCUT2D eigenvalue weighted by Crippen LogP contribution is -2.00. The topological polar surface area (TPSA) is 127 Å². The molecule has 11 nitrogen and oxygen atoms in total. The SMILES string of the molecule is COc1ccc(-n2nnnc2Sc2nc([N+](=O)[O-])nn2C)cc1. The van der Waals surface area contributed by atoms with Gasteiger partial charge in [-0.1, -0.05) is 0 Å². The molecule has 0 N–H and O–H groups in total. The van der Waals surface area contributed by atoms with Crippen molar-refractivity contribution in [2.75, 3.05) is 7.11 Å². The van der Waals surface area contributed by atoms with Crippen molar-refractivity contribution in [3.05, 3.63) is 34.4 Å². The Hall–Kier alpha value is -3.02. The molecule has 0 unspecified atom stereocenters. The molecule has 0 aliphatic heterocycles. The number of rotatable bonds is 5. The van der Waals surface area contributed by atoms with E-state index in [1.807, 2.05) is 0 Å². The van der Waals surface area contributed by atoms with Crippen molar-refractivity contribution in [1.29, 1.82) is 0 Å². The Morgan fingerprint density at radius 3 is 2.61 bits per heavy atom. The Morgan fingerprint density at radius 2 is 2.00 bits per heavy atom. The number of benzene rings is 1. The van der Waals surface area contributed by atoms with Crippen LogP contribution in [0, 0.1) is 10.1 Å². The summed E-state index contributed by atoms with van der Waals surface area (Å²) < 4.78 is 7.89. The predicted molar refractivity (Wildman–Crippen MR) is 77.5 cm³/mol. The second kappa shape index (κ2) is 6.00. The van der Waals surface area contributed by atoms with E-state index in [-0.39, 0.29) is 0 Å². The normalized spacial score (nSPS) is 10.7. The van der Waals surface area contributed by atoms with Gasteiger partial charge >= 0.3 is 5.95 Å². The Labute approximate surface area is 133 Å². The first kappa shape index (κ1) is 14.9. The number of aryl methyl sites for hydroxylation is 1. The van der Waals surface area contributed by atoms with Crippen LogP contribution in [0.5, 0.6) is 5.75 Å². The zero-order valence-electron chi connectivity index (χ0n) is 12.0. The molecule has 1 aromatic carbocycles. The van der Waals surface area contributed by atoms with Crippen LogP contribution in [0.2, 0.25) is 0 Å². The molecule has 12 heteroatoms. The standard InChI is InChI=1S/C11H10N8O3S/c1-17-10(12-9(14-17)19(20)21)23-11-13-15-16-18(11)7-3-5-8(22-2)6-4-7/h3-6H,1-2H3. The van der Waals surface area contributed by atoms with Gasteiger partial charge in [0.1, 0.15) is 5.75 Å². The molecule has 3 aromatic rings. The van der Waals surface area contributed by atoms with Crippen molar-refractivity contribution in [2.45, 2.75) is 10.3 Å². The monoisotopic (exact) mass is 334 g/mol. The lowest BCUT2D eigenvalue weighted by molar-refractivity contribution is -0.394. The van der Waals surface area contributed by atoms with E-state index in [9.17, 15) is 10.1 Å². The van der Waals surface area contributed by atoms with Crippen molar-refractivity contribution < 1.29 is 9.66 Å².